The molecule has 0 atom stereocenters. The van der Waals surface area contributed by atoms with Crippen LogP contribution in [0.4, 0.5) is 13.2 Å². The average Bonchev–Trinajstić information content (AvgIpc) is 3.63. The minimum absolute atomic E-state index is 0.0142. The highest BCUT2D eigenvalue weighted by Crippen LogP contribution is 2.37. The monoisotopic (exact) mass is 738 g/mol. The second kappa shape index (κ2) is 15.0. The number of amides is 1. The van der Waals surface area contributed by atoms with Crippen molar-refractivity contribution in [2.24, 2.45) is 0 Å². The number of rotatable bonds is 9. The van der Waals surface area contributed by atoms with E-state index in [9.17, 15) is 26.4 Å². The van der Waals surface area contributed by atoms with E-state index in [1.165, 1.54) is 34.2 Å². The summed E-state index contributed by atoms with van der Waals surface area (Å²) in [5, 5.41) is 7.11. The Morgan fingerprint density at radius 2 is 1.73 bits per heavy atom. The maximum Gasteiger partial charge on any atom is 0.416 e. The minimum Gasteiger partial charge on any atom is -0.283 e. The Bertz CT molecular complexity index is 1960. The predicted octanol–water partition coefficient (Wildman–Crippen LogP) is 6.79. The number of benzene rings is 2. The van der Waals surface area contributed by atoms with Gasteiger partial charge in [-0.3, -0.25) is 10.2 Å². The van der Waals surface area contributed by atoms with E-state index >= 15 is 0 Å². The molecule has 4 aromatic rings. The predicted molar refractivity (Wildman–Crippen MR) is 181 cm³/mol. The van der Waals surface area contributed by atoms with Crippen LogP contribution in [0.25, 0.3) is 16.3 Å². The Morgan fingerprint density at radius 3 is 2.38 bits per heavy atom. The first-order valence-electron chi connectivity index (χ1n) is 14.9. The van der Waals surface area contributed by atoms with Crippen molar-refractivity contribution in [3.8, 4) is 28.1 Å². The van der Waals surface area contributed by atoms with Crippen molar-refractivity contribution >= 4 is 50.7 Å². The number of carbonyl (C=O) groups excluding carboxylic acids is 1. The van der Waals surface area contributed by atoms with E-state index in [1.807, 2.05) is 5.01 Å². The molecule has 0 bridgehead atoms. The molecule has 2 aromatic carbocycles. The molecule has 0 radical (unpaired) electrons. The summed E-state index contributed by atoms with van der Waals surface area (Å²) in [4.78, 5) is 14.9. The van der Waals surface area contributed by atoms with Gasteiger partial charge in [-0.1, -0.05) is 41.5 Å². The number of alkyl halides is 3. The summed E-state index contributed by atoms with van der Waals surface area (Å²) >= 11 is 14.0. The van der Waals surface area contributed by atoms with Crippen LogP contribution in [0, 0.1) is 11.8 Å². The molecule has 16 heteroatoms. The van der Waals surface area contributed by atoms with Crippen molar-refractivity contribution < 1.29 is 26.4 Å². The lowest BCUT2D eigenvalue weighted by Gasteiger charge is -2.26. The Balaban J connectivity index is 1.60. The van der Waals surface area contributed by atoms with Gasteiger partial charge in [-0.25, -0.2) is 9.69 Å². The molecule has 0 spiro atoms. The van der Waals surface area contributed by atoms with Crippen molar-refractivity contribution in [1.82, 2.24) is 29.7 Å². The quantitative estimate of drug-likeness (QED) is 0.164. The Hall–Kier alpha value is -3.42. The molecule has 1 amide bonds. The summed E-state index contributed by atoms with van der Waals surface area (Å²) in [6, 6.07) is 12.4. The lowest BCUT2D eigenvalue weighted by atomic mass is 10.1. The third-order valence-electron chi connectivity index (χ3n) is 7.16. The largest absolute Gasteiger partial charge is 0.416 e. The molecule has 1 aliphatic heterocycles. The van der Waals surface area contributed by atoms with Gasteiger partial charge >= 0.3 is 6.18 Å². The molecule has 254 valence electrons. The lowest BCUT2D eigenvalue weighted by Crippen LogP contribution is -2.45. The highest BCUT2D eigenvalue weighted by Gasteiger charge is 2.30. The fraction of sp³-hybridized carbons (Fsp3) is 0.312. The molecule has 0 unspecified atom stereocenters. The van der Waals surface area contributed by atoms with Crippen LogP contribution in [0.1, 0.15) is 65.2 Å². The number of carbonyl (C=O) groups is 1. The maximum atomic E-state index is 13.8. The Kier molecular flexibility index (Phi) is 11.2. The third kappa shape index (κ3) is 8.97. The fourth-order valence-corrected chi connectivity index (χ4v) is 7.46. The van der Waals surface area contributed by atoms with Gasteiger partial charge in [0.15, 0.2) is 5.69 Å². The minimum atomic E-state index is -4.45. The number of aromatic nitrogens is 2. The highest BCUT2D eigenvalue weighted by atomic mass is 35.5. The van der Waals surface area contributed by atoms with E-state index in [1.54, 1.807) is 38.1 Å². The standard InChI is InChI=1S/C32H31Cl2F3N6O3S2/c1-20(2)41-48(45,46)38-19-25-29(31(44)40-42-16-4-3-5-17-42)39-43(27-14-11-23(33)18-26(27)34)30(25)28-15-13-24(47-28)12-8-21-6-9-22(10-7-21)32(35,36)37/h6-7,9-11,13-15,18,20,38,41H,3-5,16-17,19H2,1-2H3,(H,40,44). The highest BCUT2D eigenvalue weighted by molar-refractivity contribution is 7.87. The van der Waals surface area contributed by atoms with Gasteiger partial charge in [0.2, 0.25) is 0 Å². The first-order chi connectivity index (χ1) is 22.7. The van der Waals surface area contributed by atoms with Crippen molar-refractivity contribution in [2.45, 2.75) is 51.9 Å². The van der Waals surface area contributed by atoms with Crippen molar-refractivity contribution in [2.75, 3.05) is 13.1 Å². The van der Waals surface area contributed by atoms with Gasteiger partial charge in [-0.05, 0) is 81.3 Å². The van der Waals surface area contributed by atoms with Crippen molar-refractivity contribution in [1.29, 1.82) is 0 Å². The van der Waals surface area contributed by atoms with E-state index in [4.69, 9.17) is 23.2 Å². The SMILES string of the molecule is CC(C)NS(=O)(=O)NCc1c(C(=O)NN2CCCCC2)nn(-c2ccc(Cl)cc2Cl)c1-c1ccc(C#Cc2ccc(C(F)(F)F)cc2)s1. The van der Waals surface area contributed by atoms with Gasteiger partial charge in [0, 0.05) is 41.8 Å². The summed E-state index contributed by atoms with van der Waals surface area (Å²) < 4.78 is 71.2. The topological polar surface area (TPSA) is 108 Å². The van der Waals surface area contributed by atoms with Crippen LogP contribution < -0.4 is 14.9 Å². The second-order valence-corrected chi connectivity index (χ2v) is 14.7. The zero-order chi connectivity index (χ0) is 34.6. The molecule has 0 saturated carbocycles. The number of piperidine rings is 1. The molecule has 2 aromatic heterocycles. The second-order valence-electron chi connectivity index (χ2n) is 11.3. The number of hydrazine groups is 1. The number of nitrogens with one attached hydrogen (secondary N) is 3. The van der Waals surface area contributed by atoms with E-state index < -0.39 is 27.9 Å². The lowest BCUT2D eigenvalue weighted by molar-refractivity contribution is -0.137. The third-order valence-corrected chi connectivity index (χ3v) is 10.0. The fourth-order valence-electron chi connectivity index (χ4n) is 5.01. The smallest absolute Gasteiger partial charge is 0.283 e. The van der Waals surface area contributed by atoms with E-state index in [2.05, 4.69) is 31.8 Å². The first kappa shape index (κ1) is 35.9. The molecule has 48 heavy (non-hydrogen) atoms. The van der Waals surface area contributed by atoms with Gasteiger partial charge in [0.1, 0.15) is 0 Å². The van der Waals surface area contributed by atoms with Crippen LogP contribution in [-0.4, -0.2) is 48.2 Å². The maximum absolute atomic E-state index is 13.8. The molecular weight excluding hydrogens is 708 g/mol. The van der Waals surface area contributed by atoms with Crippen LogP contribution in [0.15, 0.2) is 54.6 Å². The number of thiophene rings is 1. The van der Waals surface area contributed by atoms with Gasteiger partial charge in [0.05, 0.1) is 31.7 Å². The molecule has 3 heterocycles. The molecule has 1 saturated heterocycles. The van der Waals surface area contributed by atoms with Gasteiger partial charge in [-0.2, -0.15) is 36.1 Å². The summed E-state index contributed by atoms with van der Waals surface area (Å²) in [5.41, 5.74) is 3.58. The zero-order valence-electron chi connectivity index (χ0n) is 25.8. The number of hydrogen-bond acceptors (Lipinski definition) is 6. The Labute approximate surface area is 290 Å². The van der Waals surface area contributed by atoms with Crippen molar-refractivity contribution in [3.63, 3.8) is 0 Å². The number of halogens is 5. The number of nitrogens with zero attached hydrogens (tertiary/aromatic N) is 3. The zero-order valence-corrected chi connectivity index (χ0v) is 28.9. The molecule has 5 rings (SSSR count). The van der Waals surface area contributed by atoms with E-state index in [-0.39, 0.29) is 28.9 Å². The van der Waals surface area contributed by atoms with Gasteiger partial charge in [0.25, 0.3) is 16.1 Å². The van der Waals surface area contributed by atoms with Gasteiger partial charge in [-0.15, -0.1) is 11.3 Å². The molecule has 0 aliphatic carbocycles. The van der Waals surface area contributed by atoms with Crippen LogP contribution in [0.2, 0.25) is 10.0 Å². The molecular formula is C32H31Cl2F3N6O3S2. The summed E-state index contributed by atoms with van der Waals surface area (Å²) in [6.07, 6.45) is -1.57. The first-order valence-corrected chi connectivity index (χ1v) is 18.0. The molecule has 3 N–H and O–H groups in total. The molecule has 9 nitrogen and oxygen atoms in total. The van der Waals surface area contributed by atoms with Crippen molar-refractivity contribution in [3.05, 3.63) is 91.9 Å². The molecule has 1 fully saturated rings. The summed E-state index contributed by atoms with van der Waals surface area (Å²) in [7, 11) is -3.98. The average molecular weight is 740 g/mol. The normalized spacial score (nSPS) is 14.2. The van der Waals surface area contributed by atoms with E-state index in [0.29, 0.717) is 44.8 Å². The Morgan fingerprint density at radius 1 is 1.02 bits per heavy atom. The summed E-state index contributed by atoms with van der Waals surface area (Å²) in [5.74, 6) is 5.33. The number of hydrogen-bond donors (Lipinski definition) is 3. The van der Waals surface area contributed by atoms with Crippen LogP contribution in [0.5, 0.6) is 0 Å². The van der Waals surface area contributed by atoms with Crippen LogP contribution in [-0.2, 0) is 22.9 Å². The summed E-state index contributed by atoms with van der Waals surface area (Å²) in [6.45, 7) is 4.39. The molecule has 1 aliphatic rings. The van der Waals surface area contributed by atoms with Gasteiger partial charge < -0.3 is 0 Å². The van der Waals surface area contributed by atoms with Crippen LogP contribution >= 0.6 is 34.5 Å². The van der Waals surface area contributed by atoms with E-state index in [0.717, 1.165) is 31.4 Å². The van der Waals surface area contributed by atoms with Crippen LogP contribution in [0.3, 0.4) is 0 Å².